The van der Waals surface area contributed by atoms with Crippen LogP contribution in [0.5, 0.6) is 5.75 Å². The molecule has 0 aliphatic rings. The minimum absolute atomic E-state index is 0.622. The van der Waals surface area contributed by atoms with E-state index in [2.05, 4.69) is 20.6 Å². The van der Waals surface area contributed by atoms with Crippen molar-refractivity contribution in [2.45, 2.75) is 11.6 Å². The number of imidazole rings is 1. The van der Waals surface area contributed by atoms with E-state index in [1.54, 1.807) is 25.1 Å². The van der Waals surface area contributed by atoms with Crippen molar-refractivity contribution in [2.75, 3.05) is 26.6 Å². The van der Waals surface area contributed by atoms with E-state index >= 15 is 0 Å². The summed E-state index contributed by atoms with van der Waals surface area (Å²) in [4.78, 5) is 9.14. The number of fused-ring (bicyclic) bond motifs is 1. The Bertz CT molecular complexity index is 788. The molecule has 23 heavy (non-hydrogen) atoms. The zero-order valence-electron chi connectivity index (χ0n) is 13.2. The average Bonchev–Trinajstić information content (AvgIpc) is 2.97. The minimum atomic E-state index is 0.622. The van der Waals surface area contributed by atoms with Crippen molar-refractivity contribution in [1.82, 2.24) is 14.5 Å². The summed E-state index contributed by atoms with van der Waals surface area (Å²) in [6.07, 6.45) is 4.64. The molecular weight excluding hydrogens is 310 g/mol. The second-order valence-corrected chi connectivity index (χ2v) is 5.74. The fourth-order valence-corrected chi connectivity index (χ4v) is 2.93. The van der Waals surface area contributed by atoms with Gasteiger partial charge in [0.25, 0.3) is 0 Å². The molecule has 0 aliphatic heterocycles. The van der Waals surface area contributed by atoms with Gasteiger partial charge in [-0.2, -0.15) is 0 Å². The van der Waals surface area contributed by atoms with Crippen molar-refractivity contribution in [1.29, 1.82) is 0 Å². The van der Waals surface area contributed by atoms with Crippen molar-refractivity contribution in [3.8, 4) is 11.6 Å². The fourth-order valence-electron chi connectivity index (χ4n) is 2.37. The number of nitrogens with zero attached hydrogens (tertiary/aromatic N) is 3. The van der Waals surface area contributed by atoms with Crippen molar-refractivity contribution in [3.05, 3.63) is 42.6 Å². The van der Waals surface area contributed by atoms with Crippen LogP contribution < -0.4 is 4.74 Å². The molecule has 0 saturated heterocycles. The average molecular weight is 329 g/mol. The SMILES string of the molecule is COCCCOc1ccnc(-n2c(SC)nc3ccccc32)c1. The number of methoxy groups -OCH3 is 1. The highest BCUT2D eigenvalue weighted by Crippen LogP contribution is 2.27. The number of para-hydroxylation sites is 2. The first-order valence-corrected chi connectivity index (χ1v) is 8.65. The van der Waals surface area contributed by atoms with Crippen LogP contribution in [-0.4, -0.2) is 41.1 Å². The molecule has 0 radical (unpaired) electrons. The molecule has 0 spiro atoms. The van der Waals surface area contributed by atoms with E-state index in [1.165, 1.54) is 0 Å². The van der Waals surface area contributed by atoms with Crippen molar-refractivity contribution in [2.24, 2.45) is 0 Å². The Morgan fingerprint density at radius 1 is 1.17 bits per heavy atom. The number of aromatic nitrogens is 3. The van der Waals surface area contributed by atoms with E-state index in [9.17, 15) is 0 Å². The predicted octanol–water partition coefficient (Wildman–Crippen LogP) is 3.56. The smallest absolute Gasteiger partial charge is 0.174 e. The van der Waals surface area contributed by atoms with Gasteiger partial charge in [-0.25, -0.2) is 9.97 Å². The maximum absolute atomic E-state index is 5.77. The van der Waals surface area contributed by atoms with Crippen molar-refractivity contribution >= 4 is 22.8 Å². The van der Waals surface area contributed by atoms with Crippen LogP contribution in [0.25, 0.3) is 16.9 Å². The molecule has 3 aromatic rings. The zero-order chi connectivity index (χ0) is 16.1. The second kappa shape index (κ2) is 7.48. The molecule has 0 N–H and O–H groups in total. The monoisotopic (exact) mass is 329 g/mol. The Hall–Kier alpha value is -2.05. The summed E-state index contributed by atoms with van der Waals surface area (Å²) >= 11 is 1.60. The van der Waals surface area contributed by atoms with Gasteiger partial charge in [-0.3, -0.25) is 4.57 Å². The number of rotatable bonds is 7. The van der Waals surface area contributed by atoms with Gasteiger partial charge >= 0.3 is 0 Å². The van der Waals surface area contributed by atoms with Gasteiger partial charge in [-0.05, 0) is 24.5 Å². The van der Waals surface area contributed by atoms with Crippen LogP contribution in [0.1, 0.15) is 6.42 Å². The zero-order valence-corrected chi connectivity index (χ0v) is 14.0. The molecule has 3 rings (SSSR count). The van der Waals surface area contributed by atoms with Gasteiger partial charge in [0.05, 0.1) is 17.6 Å². The Kier molecular flexibility index (Phi) is 5.15. The van der Waals surface area contributed by atoms with Crippen LogP contribution in [-0.2, 0) is 4.74 Å². The van der Waals surface area contributed by atoms with E-state index in [1.807, 2.05) is 36.6 Å². The van der Waals surface area contributed by atoms with E-state index < -0.39 is 0 Å². The number of hydrogen-bond acceptors (Lipinski definition) is 5. The van der Waals surface area contributed by atoms with Crippen LogP contribution in [0.4, 0.5) is 0 Å². The van der Waals surface area contributed by atoms with Crippen LogP contribution in [0, 0.1) is 0 Å². The third-order valence-corrected chi connectivity index (χ3v) is 4.06. The molecule has 0 aliphatic carbocycles. The van der Waals surface area contributed by atoms with Crippen LogP contribution in [0.15, 0.2) is 47.8 Å². The molecule has 2 heterocycles. The summed E-state index contributed by atoms with van der Waals surface area (Å²) in [6, 6.07) is 11.9. The predicted molar refractivity (Wildman–Crippen MR) is 92.6 cm³/mol. The van der Waals surface area contributed by atoms with E-state index in [-0.39, 0.29) is 0 Å². The van der Waals surface area contributed by atoms with Crippen LogP contribution in [0.3, 0.4) is 0 Å². The standard InChI is InChI=1S/C17H19N3O2S/c1-21-10-5-11-22-13-8-9-18-16(12-13)20-15-7-4-3-6-14(15)19-17(20)23-2/h3-4,6-9,12H,5,10-11H2,1-2H3. The Morgan fingerprint density at radius 3 is 2.87 bits per heavy atom. The highest BCUT2D eigenvalue weighted by Gasteiger charge is 2.12. The van der Waals surface area contributed by atoms with Gasteiger partial charge in [0, 0.05) is 32.4 Å². The van der Waals surface area contributed by atoms with E-state index in [0.29, 0.717) is 13.2 Å². The Morgan fingerprint density at radius 2 is 2.04 bits per heavy atom. The van der Waals surface area contributed by atoms with Gasteiger partial charge < -0.3 is 9.47 Å². The van der Waals surface area contributed by atoms with E-state index in [0.717, 1.165) is 34.2 Å². The molecule has 2 aromatic heterocycles. The van der Waals surface area contributed by atoms with Crippen LogP contribution in [0.2, 0.25) is 0 Å². The van der Waals surface area contributed by atoms with Gasteiger partial charge in [0.2, 0.25) is 0 Å². The molecule has 5 nitrogen and oxygen atoms in total. The van der Waals surface area contributed by atoms with Gasteiger partial charge in [-0.15, -0.1) is 0 Å². The minimum Gasteiger partial charge on any atom is -0.493 e. The largest absolute Gasteiger partial charge is 0.493 e. The summed E-state index contributed by atoms with van der Waals surface area (Å²) in [5, 5.41) is 0.912. The molecule has 0 fully saturated rings. The summed E-state index contributed by atoms with van der Waals surface area (Å²) in [5.41, 5.74) is 2.01. The molecule has 6 heteroatoms. The molecule has 1 aromatic carbocycles. The topological polar surface area (TPSA) is 49.2 Å². The second-order valence-electron chi connectivity index (χ2n) is 4.97. The van der Waals surface area contributed by atoms with Crippen molar-refractivity contribution in [3.63, 3.8) is 0 Å². The number of ether oxygens (including phenoxy) is 2. The number of benzene rings is 1. The van der Waals surface area contributed by atoms with Gasteiger partial charge in [-0.1, -0.05) is 23.9 Å². The Balaban J connectivity index is 1.92. The summed E-state index contributed by atoms with van der Waals surface area (Å²) in [6.45, 7) is 1.32. The first-order valence-electron chi connectivity index (χ1n) is 7.43. The highest BCUT2D eigenvalue weighted by molar-refractivity contribution is 7.98. The number of pyridine rings is 1. The maximum atomic E-state index is 5.77. The molecule has 0 saturated carbocycles. The third kappa shape index (κ3) is 3.48. The van der Waals surface area contributed by atoms with Crippen LogP contribution >= 0.6 is 11.8 Å². The lowest BCUT2D eigenvalue weighted by Gasteiger charge is -2.10. The molecular formula is C17H19N3O2S. The summed E-state index contributed by atoms with van der Waals surface area (Å²) in [7, 11) is 1.69. The number of thioether (sulfide) groups is 1. The maximum Gasteiger partial charge on any atom is 0.174 e. The van der Waals surface area contributed by atoms with E-state index in [4.69, 9.17) is 9.47 Å². The summed E-state index contributed by atoms with van der Waals surface area (Å²) in [5.74, 6) is 1.61. The Labute approximate surface area is 139 Å². The lowest BCUT2D eigenvalue weighted by atomic mass is 10.3. The highest BCUT2D eigenvalue weighted by atomic mass is 32.2. The first-order chi connectivity index (χ1) is 11.3. The molecule has 0 bridgehead atoms. The molecule has 120 valence electrons. The quantitative estimate of drug-likeness (QED) is 0.490. The molecule has 0 atom stereocenters. The lowest BCUT2D eigenvalue weighted by molar-refractivity contribution is 0.172. The third-order valence-electron chi connectivity index (χ3n) is 3.42. The van der Waals surface area contributed by atoms with Crippen molar-refractivity contribution < 1.29 is 9.47 Å². The normalized spacial score (nSPS) is 11.0. The first kappa shape index (κ1) is 15.8. The van der Waals surface area contributed by atoms with Gasteiger partial charge in [0.1, 0.15) is 11.6 Å². The van der Waals surface area contributed by atoms with Gasteiger partial charge in [0.15, 0.2) is 5.16 Å². The molecule has 0 amide bonds. The summed E-state index contributed by atoms with van der Waals surface area (Å²) < 4.78 is 12.9. The lowest BCUT2D eigenvalue weighted by Crippen LogP contribution is -2.03. The number of hydrogen-bond donors (Lipinski definition) is 0. The fraction of sp³-hybridized carbons (Fsp3) is 0.294. The molecule has 0 unspecified atom stereocenters.